The molecule has 9 rings (SSSR count). The number of pyridine rings is 1. The van der Waals surface area contributed by atoms with Gasteiger partial charge in [-0.05, 0) is 91.0 Å². The minimum Gasteiger partial charge on any atom is -0.454 e. The third-order valence-corrected chi connectivity index (χ3v) is 8.77. The normalized spacial score (nSPS) is 11.7. The Labute approximate surface area is 249 Å². The van der Waals surface area contributed by atoms with E-state index in [4.69, 9.17) is 4.42 Å². The van der Waals surface area contributed by atoms with Gasteiger partial charge in [-0.3, -0.25) is 4.98 Å². The van der Waals surface area contributed by atoms with Crippen LogP contribution in [0.3, 0.4) is 0 Å². The van der Waals surface area contributed by atoms with Gasteiger partial charge < -0.3 is 4.42 Å². The number of benzene rings is 6. The molecule has 0 amide bonds. The highest BCUT2D eigenvalue weighted by atomic mass is 16.3. The van der Waals surface area contributed by atoms with Crippen molar-refractivity contribution in [2.24, 2.45) is 0 Å². The summed E-state index contributed by atoms with van der Waals surface area (Å²) in [6.07, 6.45) is 3.61. The van der Waals surface area contributed by atoms with Crippen molar-refractivity contribution in [1.82, 2.24) is 4.98 Å². The molecule has 2 aromatic heterocycles. The molecule has 0 saturated carbocycles. The van der Waals surface area contributed by atoms with Crippen molar-refractivity contribution in [3.8, 4) is 66.8 Å². The third kappa shape index (κ3) is 3.70. The monoisotopic (exact) mass is 547 g/mol. The Kier molecular flexibility index (Phi) is 5.23. The first-order valence-corrected chi connectivity index (χ1v) is 14.6. The van der Waals surface area contributed by atoms with Crippen LogP contribution in [0, 0.1) is 0 Å². The Morgan fingerprint density at radius 2 is 0.930 bits per heavy atom. The fraction of sp³-hybridized carbons (Fsp3) is 0. The third-order valence-electron chi connectivity index (χ3n) is 8.77. The average molecular weight is 548 g/mol. The first-order valence-electron chi connectivity index (χ1n) is 14.6. The number of hydrogen-bond acceptors (Lipinski definition) is 2. The smallest absolute Gasteiger partial charge is 0.153 e. The van der Waals surface area contributed by atoms with E-state index in [0.29, 0.717) is 0 Å². The van der Waals surface area contributed by atoms with Gasteiger partial charge in [0, 0.05) is 17.0 Å². The van der Waals surface area contributed by atoms with E-state index < -0.39 is 0 Å². The molecule has 2 heterocycles. The van der Waals surface area contributed by atoms with E-state index in [1.807, 2.05) is 12.3 Å². The van der Waals surface area contributed by atoms with Crippen LogP contribution >= 0.6 is 0 Å². The molecular formula is C41H25NO. The number of fused-ring (bicyclic) bond motifs is 11. The number of aromatic nitrogens is 1. The summed E-state index contributed by atoms with van der Waals surface area (Å²) in [4.78, 5) is 4.23. The van der Waals surface area contributed by atoms with E-state index in [0.717, 1.165) is 27.5 Å². The van der Waals surface area contributed by atoms with Gasteiger partial charge in [0.15, 0.2) is 5.58 Å². The maximum atomic E-state index is 6.05. The average Bonchev–Trinajstić information content (AvgIpc) is 3.45. The summed E-state index contributed by atoms with van der Waals surface area (Å²) in [7, 11) is 0. The summed E-state index contributed by atoms with van der Waals surface area (Å²) in [5, 5.41) is 2.19. The first-order chi connectivity index (χ1) is 21.3. The molecule has 0 radical (unpaired) electrons. The van der Waals surface area contributed by atoms with Crippen LogP contribution in [0.2, 0.25) is 0 Å². The number of nitrogens with zero attached hydrogens (tertiary/aromatic N) is 1. The van der Waals surface area contributed by atoms with Crippen LogP contribution in [0.1, 0.15) is 0 Å². The van der Waals surface area contributed by atoms with Crippen LogP contribution in [0.4, 0.5) is 0 Å². The maximum absolute atomic E-state index is 6.05. The zero-order valence-electron chi connectivity index (χ0n) is 23.3. The molecule has 0 N–H and O–H groups in total. The highest BCUT2D eigenvalue weighted by Gasteiger charge is 2.23. The largest absolute Gasteiger partial charge is 0.454 e. The Hall–Kier alpha value is -5.73. The maximum Gasteiger partial charge on any atom is 0.153 e. The van der Waals surface area contributed by atoms with Gasteiger partial charge in [0.05, 0.1) is 6.20 Å². The first kappa shape index (κ1) is 23.9. The molecular weight excluding hydrogens is 522 g/mol. The molecule has 0 unspecified atom stereocenters. The molecule has 8 aromatic rings. The van der Waals surface area contributed by atoms with E-state index in [1.54, 1.807) is 6.20 Å². The van der Waals surface area contributed by atoms with Gasteiger partial charge in [0.25, 0.3) is 0 Å². The molecule has 0 spiro atoms. The summed E-state index contributed by atoms with van der Waals surface area (Å²) in [5.74, 6) is 0. The van der Waals surface area contributed by atoms with Crippen molar-refractivity contribution in [3.05, 3.63) is 152 Å². The Bertz CT molecular complexity index is 2350. The van der Waals surface area contributed by atoms with Crippen molar-refractivity contribution in [1.29, 1.82) is 0 Å². The lowest BCUT2D eigenvalue weighted by Gasteiger charge is -2.25. The lowest BCUT2D eigenvalue weighted by atomic mass is 9.78. The highest BCUT2D eigenvalue weighted by Crippen LogP contribution is 2.50. The quantitative estimate of drug-likeness (QED) is 0.215. The van der Waals surface area contributed by atoms with E-state index in [2.05, 4.69) is 138 Å². The lowest BCUT2D eigenvalue weighted by Crippen LogP contribution is -1.98. The topological polar surface area (TPSA) is 26.0 Å². The predicted molar refractivity (Wildman–Crippen MR) is 178 cm³/mol. The van der Waals surface area contributed by atoms with Crippen LogP contribution in [0.25, 0.3) is 88.7 Å². The second-order valence-electron chi connectivity index (χ2n) is 11.1. The Balaban J connectivity index is 1.29. The van der Waals surface area contributed by atoms with E-state index in [-0.39, 0.29) is 0 Å². The number of hydrogen-bond donors (Lipinski definition) is 0. The van der Waals surface area contributed by atoms with E-state index >= 15 is 0 Å². The highest BCUT2D eigenvalue weighted by molar-refractivity contribution is 6.08. The number of rotatable bonds is 2. The van der Waals surface area contributed by atoms with Crippen LogP contribution < -0.4 is 0 Å². The molecule has 0 atom stereocenters. The molecule has 6 aromatic carbocycles. The Morgan fingerprint density at radius 3 is 1.67 bits per heavy atom. The van der Waals surface area contributed by atoms with Gasteiger partial charge >= 0.3 is 0 Å². The summed E-state index contributed by atoms with van der Waals surface area (Å²) < 4.78 is 6.05. The van der Waals surface area contributed by atoms with Crippen molar-refractivity contribution in [3.63, 3.8) is 0 Å². The van der Waals surface area contributed by atoms with Gasteiger partial charge in [-0.25, -0.2) is 0 Å². The summed E-state index contributed by atoms with van der Waals surface area (Å²) in [6, 6.07) is 50.6. The summed E-state index contributed by atoms with van der Waals surface area (Å²) >= 11 is 0. The molecule has 0 fully saturated rings. The minimum absolute atomic E-state index is 0.812. The summed E-state index contributed by atoms with van der Waals surface area (Å²) in [6.45, 7) is 0. The number of furan rings is 1. The molecule has 1 aliphatic rings. The molecule has 0 bridgehead atoms. The summed E-state index contributed by atoms with van der Waals surface area (Å²) in [5.41, 5.74) is 16.5. The standard InChI is InChI=1S/C41H25NO/c1-2-12-31-30(11-1)32-13-3-4-14-34(32)37-18-8-17-29(41(37)36-16-6-5-15-33(31)36)28-10-7-9-26(23-28)27-19-20-39-38(24-27)35-21-22-42-25-40(35)43-39/h1-25H. The molecule has 2 heteroatoms. The van der Waals surface area contributed by atoms with Crippen LogP contribution in [0.15, 0.2) is 156 Å². The van der Waals surface area contributed by atoms with Gasteiger partial charge in [-0.2, -0.15) is 0 Å². The SMILES string of the molecule is c1cc(-c2ccc3oc4cnccc4c3c2)cc(-c2cccc3c2-c2ccccc2-c2ccccc2-c2ccccc2-3)c1. The van der Waals surface area contributed by atoms with Crippen LogP contribution in [-0.4, -0.2) is 4.98 Å². The molecule has 2 nitrogen and oxygen atoms in total. The minimum atomic E-state index is 0.812. The molecule has 0 aliphatic heterocycles. The van der Waals surface area contributed by atoms with Gasteiger partial charge in [0.2, 0.25) is 0 Å². The molecule has 1 aliphatic carbocycles. The van der Waals surface area contributed by atoms with Gasteiger partial charge in [-0.1, -0.05) is 115 Å². The van der Waals surface area contributed by atoms with Crippen LogP contribution in [-0.2, 0) is 0 Å². The second-order valence-corrected chi connectivity index (χ2v) is 11.1. The van der Waals surface area contributed by atoms with E-state index in [1.165, 1.54) is 61.2 Å². The second kappa shape index (κ2) is 9.40. The van der Waals surface area contributed by atoms with Crippen molar-refractivity contribution >= 4 is 21.9 Å². The van der Waals surface area contributed by atoms with Gasteiger partial charge in [-0.15, -0.1) is 0 Å². The Morgan fingerprint density at radius 1 is 0.372 bits per heavy atom. The van der Waals surface area contributed by atoms with Gasteiger partial charge in [0.1, 0.15) is 5.58 Å². The fourth-order valence-electron chi connectivity index (χ4n) is 6.83. The van der Waals surface area contributed by atoms with E-state index in [9.17, 15) is 0 Å². The fourth-order valence-corrected chi connectivity index (χ4v) is 6.83. The molecule has 0 saturated heterocycles. The molecule has 200 valence electrons. The molecule has 43 heavy (non-hydrogen) atoms. The predicted octanol–water partition coefficient (Wildman–Crippen LogP) is 11.3. The van der Waals surface area contributed by atoms with Crippen molar-refractivity contribution < 1.29 is 4.42 Å². The zero-order valence-corrected chi connectivity index (χ0v) is 23.3. The van der Waals surface area contributed by atoms with Crippen LogP contribution in [0.5, 0.6) is 0 Å². The van der Waals surface area contributed by atoms with Crippen molar-refractivity contribution in [2.45, 2.75) is 0 Å². The van der Waals surface area contributed by atoms with Crippen molar-refractivity contribution in [2.75, 3.05) is 0 Å². The lowest BCUT2D eigenvalue weighted by molar-refractivity contribution is 0.667. The zero-order chi connectivity index (χ0) is 28.3.